The van der Waals surface area contributed by atoms with Gasteiger partial charge in [-0.2, -0.15) is 11.8 Å². The minimum Gasteiger partial charge on any atom is -0.493 e. The summed E-state index contributed by atoms with van der Waals surface area (Å²) in [6.07, 6.45) is 1.42. The highest BCUT2D eigenvalue weighted by Crippen LogP contribution is 2.26. The molecule has 2 atom stereocenters. The molecule has 0 aliphatic carbocycles. The minimum absolute atomic E-state index is 0.365. The number of methoxy groups -OCH3 is 1. The second kappa shape index (κ2) is 9.19. The molecule has 0 radical (unpaired) electrons. The third-order valence-corrected chi connectivity index (χ3v) is 3.61. The third-order valence-electron chi connectivity index (χ3n) is 2.97. The molecule has 0 bridgehead atoms. The van der Waals surface area contributed by atoms with Crippen molar-refractivity contribution >= 4 is 23.6 Å². The fourth-order valence-corrected chi connectivity index (χ4v) is 2.21. The SMILES string of the molecule is COc1ccccc1OC(C)C(=O)NC(CCSC)C(=O)O. The van der Waals surface area contributed by atoms with Gasteiger partial charge in [0.05, 0.1) is 7.11 Å². The molecule has 22 heavy (non-hydrogen) atoms. The van der Waals surface area contributed by atoms with Crippen molar-refractivity contribution in [1.29, 1.82) is 0 Å². The maximum absolute atomic E-state index is 12.1. The summed E-state index contributed by atoms with van der Waals surface area (Å²) in [6, 6.07) is 6.05. The van der Waals surface area contributed by atoms with Gasteiger partial charge in [0, 0.05) is 0 Å². The van der Waals surface area contributed by atoms with E-state index < -0.39 is 24.0 Å². The Morgan fingerprint density at radius 2 is 1.95 bits per heavy atom. The first-order valence-electron chi connectivity index (χ1n) is 6.81. The molecule has 1 amide bonds. The van der Waals surface area contributed by atoms with Gasteiger partial charge >= 0.3 is 5.97 Å². The fraction of sp³-hybridized carbons (Fsp3) is 0.467. The predicted molar refractivity (Wildman–Crippen MR) is 85.6 cm³/mol. The lowest BCUT2D eigenvalue weighted by atomic mass is 10.2. The number of hydrogen-bond acceptors (Lipinski definition) is 5. The van der Waals surface area contributed by atoms with Crippen LogP contribution >= 0.6 is 11.8 Å². The van der Waals surface area contributed by atoms with Gasteiger partial charge in [-0.1, -0.05) is 12.1 Å². The van der Waals surface area contributed by atoms with Crippen LogP contribution in [0, 0.1) is 0 Å². The summed E-state index contributed by atoms with van der Waals surface area (Å²) in [5, 5.41) is 11.6. The van der Waals surface area contributed by atoms with Crippen LogP contribution in [0.2, 0.25) is 0 Å². The first kappa shape index (κ1) is 18.2. The van der Waals surface area contributed by atoms with Crippen molar-refractivity contribution in [3.8, 4) is 11.5 Å². The zero-order valence-corrected chi connectivity index (χ0v) is 13.7. The summed E-state index contributed by atoms with van der Waals surface area (Å²) in [4.78, 5) is 23.2. The van der Waals surface area contributed by atoms with Crippen LogP contribution in [-0.2, 0) is 9.59 Å². The monoisotopic (exact) mass is 327 g/mol. The van der Waals surface area contributed by atoms with Crippen molar-refractivity contribution < 1.29 is 24.2 Å². The molecule has 1 aromatic carbocycles. The Bertz CT molecular complexity index is 508. The number of carboxylic acid groups (broad SMARTS) is 1. The van der Waals surface area contributed by atoms with E-state index in [2.05, 4.69) is 5.32 Å². The van der Waals surface area contributed by atoms with E-state index in [0.29, 0.717) is 23.7 Å². The molecule has 2 N–H and O–H groups in total. The van der Waals surface area contributed by atoms with E-state index in [0.717, 1.165) is 0 Å². The summed E-state index contributed by atoms with van der Waals surface area (Å²) < 4.78 is 10.7. The smallest absolute Gasteiger partial charge is 0.326 e. The Hall–Kier alpha value is -1.89. The minimum atomic E-state index is -1.05. The zero-order chi connectivity index (χ0) is 16.5. The highest BCUT2D eigenvalue weighted by Gasteiger charge is 2.24. The summed E-state index contributed by atoms with van der Waals surface area (Å²) >= 11 is 1.53. The number of benzene rings is 1. The maximum Gasteiger partial charge on any atom is 0.326 e. The van der Waals surface area contributed by atoms with Crippen LogP contribution < -0.4 is 14.8 Å². The Morgan fingerprint density at radius 3 is 2.50 bits per heavy atom. The highest BCUT2D eigenvalue weighted by molar-refractivity contribution is 7.98. The van der Waals surface area contributed by atoms with Crippen molar-refractivity contribution in [2.45, 2.75) is 25.5 Å². The number of amides is 1. The van der Waals surface area contributed by atoms with Gasteiger partial charge in [0.15, 0.2) is 17.6 Å². The fourth-order valence-electron chi connectivity index (χ4n) is 1.74. The molecular formula is C15H21NO5S. The maximum atomic E-state index is 12.1. The lowest BCUT2D eigenvalue weighted by Gasteiger charge is -2.19. The topological polar surface area (TPSA) is 84.9 Å². The highest BCUT2D eigenvalue weighted by atomic mass is 32.2. The quantitative estimate of drug-likeness (QED) is 0.719. The Balaban J connectivity index is 2.65. The van der Waals surface area contributed by atoms with Gasteiger partial charge in [-0.25, -0.2) is 4.79 Å². The van der Waals surface area contributed by atoms with Crippen LogP contribution in [0.1, 0.15) is 13.3 Å². The van der Waals surface area contributed by atoms with Crippen LogP contribution in [0.4, 0.5) is 0 Å². The molecule has 2 unspecified atom stereocenters. The van der Waals surface area contributed by atoms with Crippen LogP contribution in [0.25, 0.3) is 0 Å². The number of carbonyl (C=O) groups excluding carboxylic acids is 1. The van der Waals surface area contributed by atoms with Crippen LogP contribution in [0.5, 0.6) is 11.5 Å². The molecule has 1 rings (SSSR count). The van der Waals surface area contributed by atoms with E-state index >= 15 is 0 Å². The molecular weight excluding hydrogens is 306 g/mol. The predicted octanol–water partition coefficient (Wildman–Crippen LogP) is 1.78. The summed E-state index contributed by atoms with van der Waals surface area (Å²) in [7, 11) is 1.51. The molecule has 0 aromatic heterocycles. The normalized spacial score (nSPS) is 13.0. The first-order chi connectivity index (χ1) is 10.5. The number of aliphatic carboxylic acids is 1. The first-order valence-corrected chi connectivity index (χ1v) is 8.20. The molecule has 7 heteroatoms. The van der Waals surface area contributed by atoms with E-state index in [1.54, 1.807) is 31.2 Å². The lowest BCUT2D eigenvalue weighted by molar-refractivity contribution is -0.142. The number of thioether (sulfide) groups is 1. The Morgan fingerprint density at radius 1 is 1.32 bits per heavy atom. The van der Waals surface area contributed by atoms with Crippen molar-refractivity contribution in [1.82, 2.24) is 5.32 Å². The second-order valence-corrected chi connectivity index (χ2v) is 5.58. The molecule has 1 aromatic rings. The summed E-state index contributed by atoms with van der Waals surface area (Å²) in [5.41, 5.74) is 0. The van der Waals surface area contributed by atoms with Crippen molar-refractivity contribution in [2.24, 2.45) is 0 Å². The van der Waals surface area contributed by atoms with Crippen molar-refractivity contribution in [2.75, 3.05) is 19.1 Å². The van der Waals surface area contributed by atoms with Crippen molar-refractivity contribution in [3.05, 3.63) is 24.3 Å². The summed E-state index contributed by atoms with van der Waals surface area (Å²) in [5.74, 6) is 0.0770. The lowest BCUT2D eigenvalue weighted by Crippen LogP contribution is -2.46. The molecule has 0 fully saturated rings. The van der Waals surface area contributed by atoms with Gasteiger partial charge in [-0.05, 0) is 37.5 Å². The van der Waals surface area contributed by atoms with E-state index in [-0.39, 0.29) is 0 Å². The molecule has 122 valence electrons. The molecule has 0 spiro atoms. The van der Waals surface area contributed by atoms with Gasteiger partial charge < -0.3 is 19.9 Å². The molecule has 0 aliphatic heterocycles. The molecule has 0 saturated carbocycles. The van der Waals surface area contributed by atoms with Gasteiger partial charge in [-0.15, -0.1) is 0 Å². The van der Waals surface area contributed by atoms with Crippen LogP contribution in [0.3, 0.4) is 0 Å². The number of para-hydroxylation sites is 2. The number of ether oxygens (including phenoxy) is 2. The summed E-state index contributed by atoms with van der Waals surface area (Å²) in [6.45, 7) is 1.56. The van der Waals surface area contributed by atoms with E-state index in [1.165, 1.54) is 18.9 Å². The number of hydrogen-bond donors (Lipinski definition) is 2. The van der Waals surface area contributed by atoms with Gasteiger partial charge in [0.1, 0.15) is 6.04 Å². The number of rotatable bonds is 9. The number of carboxylic acids is 1. The average molecular weight is 327 g/mol. The Kier molecular flexibility index (Phi) is 7.59. The standard InChI is InChI=1S/C15H21NO5S/c1-10(21-13-7-5-4-6-12(13)20-2)14(17)16-11(15(18)19)8-9-22-3/h4-7,10-11H,8-9H2,1-3H3,(H,16,17)(H,18,19). The molecule has 6 nitrogen and oxygen atoms in total. The van der Waals surface area contributed by atoms with E-state index in [1.807, 2.05) is 6.26 Å². The molecule has 0 aliphatic rings. The van der Waals surface area contributed by atoms with E-state index in [9.17, 15) is 9.59 Å². The van der Waals surface area contributed by atoms with Gasteiger partial charge in [-0.3, -0.25) is 4.79 Å². The van der Waals surface area contributed by atoms with Crippen LogP contribution in [-0.4, -0.2) is 48.2 Å². The van der Waals surface area contributed by atoms with E-state index in [4.69, 9.17) is 14.6 Å². The van der Waals surface area contributed by atoms with Crippen LogP contribution in [0.15, 0.2) is 24.3 Å². The van der Waals surface area contributed by atoms with Gasteiger partial charge in [0.2, 0.25) is 0 Å². The number of nitrogens with one attached hydrogen (secondary N) is 1. The Labute approximate surface area is 134 Å². The average Bonchev–Trinajstić information content (AvgIpc) is 2.51. The van der Waals surface area contributed by atoms with Crippen molar-refractivity contribution in [3.63, 3.8) is 0 Å². The molecule has 0 heterocycles. The second-order valence-electron chi connectivity index (χ2n) is 4.59. The largest absolute Gasteiger partial charge is 0.493 e. The zero-order valence-electron chi connectivity index (χ0n) is 12.9. The third kappa shape index (κ3) is 5.48. The molecule has 0 saturated heterocycles. The number of carbonyl (C=O) groups is 2. The van der Waals surface area contributed by atoms with Gasteiger partial charge in [0.25, 0.3) is 5.91 Å².